The second-order valence-corrected chi connectivity index (χ2v) is 8.32. The van der Waals surface area contributed by atoms with Crippen LogP contribution in [0.15, 0.2) is 0 Å². The Kier molecular flexibility index (Phi) is 3.83. The minimum absolute atomic E-state index is 0.0525. The van der Waals surface area contributed by atoms with Gasteiger partial charge in [0.15, 0.2) is 9.84 Å². The molecule has 114 valence electrons. The first-order chi connectivity index (χ1) is 9.22. The van der Waals surface area contributed by atoms with Gasteiger partial charge >= 0.3 is 0 Å². The highest BCUT2D eigenvalue weighted by Gasteiger charge is 2.56. The van der Waals surface area contributed by atoms with E-state index in [1.165, 1.54) is 4.90 Å². The lowest BCUT2D eigenvalue weighted by Gasteiger charge is -2.46. The summed E-state index contributed by atoms with van der Waals surface area (Å²) < 4.78 is 23.3. The van der Waals surface area contributed by atoms with Gasteiger partial charge in [-0.1, -0.05) is 6.92 Å². The van der Waals surface area contributed by atoms with Crippen molar-refractivity contribution in [3.05, 3.63) is 0 Å². The van der Waals surface area contributed by atoms with Crippen LogP contribution in [0.5, 0.6) is 0 Å². The Morgan fingerprint density at radius 1 is 1.35 bits per heavy atom. The van der Waals surface area contributed by atoms with Gasteiger partial charge in [-0.05, 0) is 32.6 Å². The molecule has 2 unspecified atom stereocenters. The molecular weight excluding hydrogens is 280 g/mol. The summed E-state index contributed by atoms with van der Waals surface area (Å²) in [5.74, 6) is -0.247. The highest BCUT2D eigenvalue weighted by molar-refractivity contribution is 7.91. The molecule has 2 aliphatic rings. The van der Waals surface area contributed by atoms with Gasteiger partial charge in [0.05, 0.1) is 5.75 Å². The lowest BCUT2D eigenvalue weighted by atomic mass is 9.88. The Morgan fingerprint density at radius 2 is 1.95 bits per heavy atom. The Balaban J connectivity index is 2.24. The van der Waals surface area contributed by atoms with Gasteiger partial charge < -0.3 is 10.2 Å². The SMILES string of the molecule is CCS(=O)(=O)CCN1C(=O)C(C)NC(=O)C1(C)C1CC1. The average Bonchev–Trinajstić information content (AvgIpc) is 3.21. The predicted octanol–water partition coefficient (Wildman–Crippen LogP) is -0.0633. The zero-order chi connectivity index (χ0) is 15.1. The van der Waals surface area contributed by atoms with E-state index in [1.807, 2.05) is 0 Å². The minimum atomic E-state index is -3.16. The van der Waals surface area contributed by atoms with Crippen LogP contribution in [-0.4, -0.2) is 54.8 Å². The Hall–Kier alpha value is -1.11. The van der Waals surface area contributed by atoms with Crippen LogP contribution in [0.3, 0.4) is 0 Å². The van der Waals surface area contributed by atoms with E-state index >= 15 is 0 Å². The fourth-order valence-electron chi connectivity index (χ4n) is 2.76. The fraction of sp³-hybridized carbons (Fsp3) is 0.846. The molecule has 1 saturated carbocycles. The van der Waals surface area contributed by atoms with E-state index < -0.39 is 21.4 Å². The number of hydrogen-bond acceptors (Lipinski definition) is 4. The predicted molar refractivity (Wildman–Crippen MR) is 74.8 cm³/mol. The number of rotatable bonds is 5. The van der Waals surface area contributed by atoms with Gasteiger partial charge in [-0.25, -0.2) is 8.42 Å². The smallest absolute Gasteiger partial charge is 0.246 e. The van der Waals surface area contributed by atoms with Crippen molar-refractivity contribution in [2.24, 2.45) is 5.92 Å². The number of nitrogens with one attached hydrogen (secondary N) is 1. The third-order valence-corrected chi connectivity index (χ3v) is 6.13. The molecule has 1 saturated heterocycles. The molecule has 6 nitrogen and oxygen atoms in total. The highest BCUT2D eigenvalue weighted by atomic mass is 32.2. The molecule has 1 heterocycles. The third-order valence-electron chi connectivity index (χ3n) is 4.44. The number of piperazine rings is 1. The molecule has 0 aromatic heterocycles. The number of carbonyl (C=O) groups is 2. The second kappa shape index (κ2) is 5.02. The number of nitrogens with zero attached hydrogens (tertiary/aromatic N) is 1. The Bertz CT molecular complexity index is 526. The third kappa shape index (κ3) is 2.55. The monoisotopic (exact) mass is 302 g/mol. The minimum Gasteiger partial charge on any atom is -0.343 e. The first-order valence-electron chi connectivity index (χ1n) is 7.05. The molecule has 0 bridgehead atoms. The van der Waals surface area contributed by atoms with E-state index in [2.05, 4.69) is 5.32 Å². The molecule has 0 radical (unpaired) electrons. The van der Waals surface area contributed by atoms with Crippen LogP contribution in [0.1, 0.15) is 33.6 Å². The van der Waals surface area contributed by atoms with E-state index in [0.717, 1.165) is 12.8 Å². The van der Waals surface area contributed by atoms with Gasteiger partial charge in [-0.2, -0.15) is 0 Å². The molecule has 20 heavy (non-hydrogen) atoms. The van der Waals surface area contributed by atoms with Crippen LogP contribution in [-0.2, 0) is 19.4 Å². The van der Waals surface area contributed by atoms with Crippen LogP contribution in [0, 0.1) is 5.92 Å². The van der Waals surface area contributed by atoms with Gasteiger partial charge in [-0.3, -0.25) is 9.59 Å². The molecule has 0 spiro atoms. The molecule has 7 heteroatoms. The zero-order valence-corrected chi connectivity index (χ0v) is 13.0. The van der Waals surface area contributed by atoms with Gasteiger partial charge in [-0.15, -0.1) is 0 Å². The van der Waals surface area contributed by atoms with Gasteiger partial charge in [0, 0.05) is 12.3 Å². The van der Waals surface area contributed by atoms with Crippen molar-refractivity contribution in [3.63, 3.8) is 0 Å². The van der Waals surface area contributed by atoms with Crippen LogP contribution < -0.4 is 5.32 Å². The summed E-state index contributed by atoms with van der Waals surface area (Å²) in [5.41, 5.74) is -0.896. The lowest BCUT2D eigenvalue weighted by molar-refractivity contribution is -0.157. The summed E-state index contributed by atoms with van der Waals surface area (Å²) in [6, 6.07) is -0.585. The standard InChI is InChI=1S/C13H22N2O4S/c1-4-20(18,19)8-7-15-11(16)9(2)14-12(17)13(15,3)10-5-6-10/h9-10H,4-8H2,1-3H3,(H,14,17). The van der Waals surface area contributed by atoms with Gasteiger partial charge in [0.1, 0.15) is 11.6 Å². The van der Waals surface area contributed by atoms with Crippen LogP contribution in [0.4, 0.5) is 0 Å². The maximum atomic E-state index is 12.3. The van der Waals surface area contributed by atoms with E-state index in [-0.39, 0.29) is 35.8 Å². The molecule has 2 atom stereocenters. The molecule has 1 aliphatic heterocycles. The van der Waals surface area contributed by atoms with E-state index in [9.17, 15) is 18.0 Å². The molecule has 2 rings (SSSR count). The number of hydrogen-bond donors (Lipinski definition) is 1. The molecule has 0 aromatic carbocycles. The van der Waals surface area contributed by atoms with Crippen molar-refractivity contribution in [2.75, 3.05) is 18.1 Å². The molecule has 1 N–H and O–H groups in total. The largest absolute Gasteiger partial charge is 0.343 e. The topological polar surface area (TPSA) is 83.6 Å². The van der Waals surface area contributed by atoms with Crippen molar-refractivity contribution in [1.82, 2.24) is 10.2 Å². The maximum absolute atomic E-state index is 12.3. The molecule has 0 aromatic rings. The van der Waals surface area contributed by atoms with Crippen molar-refractivity contribution < 1.29 is 18.0 Å². The first kappa shape index (κ1) is 15.3. The molecular formula is C13H22N2O4S. The summed E-state index contributed by atoms with van der Waals surface area (Å²) in [6.07, 6.45) is 1.81. The van der Waals surface area contributed by atoms with Crippen LogP contribution in [0.25, 0.3) is 0 Å². The van der Waals surface area contributed by atoms with Crippen molar-refractivity contribution in [3.8, 4) is 0 Å². The lowest BCUT2D eigenvalue weighted by Crippen LogP contribution is -2.70. The van der Waals surface area contributed by atoms with Crippen molar-refractivity contribution >= 4 is 21.7 Å². The second-order valence-electron chi connectivity index (χ2n) is 5.84. The van der Waals surface area contributed by atoms with Crippen LogP contribution >= 0.6 is 0 Å². The Morgan fingerprint density at radius 3 is 2.45 bits per heavy atom. The maximum Gasteiger partial charge on any atom is 0.246 e. The first-order valence-corrected chi connectivity index (χ1v) is 8.87. The van der Waals surface area contributed by atoms with E-state index in [4.69, 9.17) is 0 Å². The summed E-state index contributed by atoms with van der Waals surface area (Å²) in [5, 5.41) is 2.70. The summed E-state index contributed by atoms with van der Waals surface area (Å²) in [7, 11) is -3.16. The van der Waals surface area contributed by atoms with E-state index in [0.29, 0.717) is 0 Å². The summed E-state index contributed by atoms with van der Waals surface area (Å²) in [4.78, 5) is 26.1. The van der Waals surface area contributed by atoms with Crippen LogP contribution in [0.2, 0.25) is 0 Å². The number of sulfone groups is 1. The molecule has 2 amide bonds. The normalized spacial score (nSPS) is 31.4. The van der Waals surface area contributed by atoms with Gasteiger partial charge in [0.25, 0.3) is 0 Å². The van der Waals surface area contributed by atoms with Crippen molar-refractivity contribution in [1.29, 1.82) is 0 Å². The Labute approximate surface area is 119 Å². The van der Waals surface area contributed by atoms with E-state index in [1.54, 1.807) is 20.8 Å². The number of amides is 2. The highest BCUT2D eigenvalue weighted by Crippen LogP contribution is 2.44. The van der Waals surface area contributed by atoms with Crippen molar-refractivity contribution in [2.45, 2.75) is 45.2 Å². The molecule has 2 fully saturated rings. The summed E-state index contributed by atoms with van der Waals surface area (Å²) in [6.45, 7) is 5.07. The zero-order valence-electron chi connectivity index (χ0n) is 12.2. The quantitative estimate of drug-likeness (QED) is 0.771. The summed E-state index contributed by atoms with van der Waals surface area (Å²) >= 11 is 0. The van der Waals surface area contributed by atoms with Gasteiger partial charge in [0.2, 0.25) is 11.8 Å². The molecule has 1 aliphatic carbocycles. The number of carbonyl (C=O) groups excluding carboxylic acids is 2. The fourth-order valence-corrected chi connectivity index (χ4v) is 3.51. The average molecular weight is 302 g/mol.